The van der Waals surface area contributed by atoms with Crippen LogP contribution < -0.4 is 19.7 Å². The molecule has 0 saturated carbocycles. The van der Waals surface area contributed by atoms with Crippen molar-refractivity contribution in [3.63, 3.8) is 0 Å². The van der Waals surface area contributed by atoms with Gasteiger partial charge in [-0.15, -0.1) is 0 Å². The number of benzene rings is 2. The smallest absolute Gasteiger partial charge is 0.419 e. The van der Waals surface area contributed by atoms with Crippen molar-refractivity contribution in [1.29, 1.82) is 5.26 Å². The molecule has 0 aliphatic rings. The summed E-state index contributed by atoms with van der Waals surface area (Å²) in [6.07, 6.45) is -1.16. The number of anilines is 2. The lowest BCUT2D eigenvalue weighted by atomic mass is 10.2. The van der Waals surface area contributed by atoms with Crippen molar-refractivity contribution in [2.45, 2.75) is 6.42 Å². The Bertz CT molecular complexity index is 847. The van der Waals surface area contributed by atoms with Gasteiger partial charge in [0.25, 0.3) is 0 Å². The van der Waals surface area contributed by atoms with E-state index in [1.54, 1.807) is 42.5 Å². The van der Waals surface area contributed by atoms with E-state index in [-0.39, 0.29) is 18.7 Å². The molecule has 0 radical (unpaired) electrons. The molecule has 0 spiro atoms. The van der Waals surface area contributed by atoms with Crippen molar-refractivity contribution in [1.82, 2.24) is 0 Å². The van der Waals surface area contributed by atoms with Crippen LogP contribution in [0.3, 0.4) is 0 Å². The number of carbonyl (C=O) groups excluding carboxylic acids is 2. The molecule has 1 N–H and O–H groups in total. The van der Waals surface area contributed by atoms with Gasteiger partial charge in [0.1, 0.15) is 11.5 Å². The minimum atomic E-state index is -0.659. The molecule has 2 rings (SSSR count). The zero-order valence-electron chi connectivity index (χ0n) is 15.0. The van der Waals surface area contributed by atoms with E-state index in [1.807, 2.05) is 6.07 Å². The summed E-state index contributed by atoms with van der Waals surface area (Å²) < 4.78 is 15.1. The molecule has 0 bridgehead atoms. The average molecular weight is 369 g/mol. The zero-order valence-corrected chi connectivity index (χ0v) is 15.0. The fourth-order valence-corrected chi connectivity index (χ4v) is 2.23. The number of methoxy groups -OCH3 is 2. The van der Waals surface area contributed by atoms with Gasteiger partial charge in [0.05, 0.1) is 32.4 Å². The first-order chi connectivity index (χ1) is 13.1. The van der Waals surface area contributed by atoms with Crippen LogP contribution in [0.5, 0.6) is 11.5 Å². The van der Waals surface area contributed by atoms with Crippen LogP contribution in [0.1, 0.15) is 6.42 Å². The molecule has 2 aromatic carbocycles. The van der Waals surface area contributed by atoms with Gasteiger partial charge >= 0.3 is 12.2 Å². The monoisotopic (exact) mass is 369 g/mol. The molecular weight excluding hydrogens is 350 g/mol. The summed E-state index contributed by atoms with van der Waals surface area (Å²) in [7, 11) is 2.78. The van der Waals surface area contributed by atoms with Gasteiger partial charge in [-0.25, -0.2) is 9.59 Å². The third kappa shape index (κ3) is 5.64. The third-order valence-electron chi connectivity index (χ3n) is 3.50. The summed E-state index contributed by atoms with van der Waals surface area (Å²) in [6, 6.07) is 15.2. The summed E-state index contributed by atoms with van der Waals surface area (Å²) >= 11 is 0. The predicted molar refractivity (Wildman–Crippen MR) is 99.1 cm³/mol. The lowest BCUT2D eigenvalue weighted by Crippen LogP contribution is -2.34. The van der Waals surface area contributed by atoms with Crippen molar-refractivity contribution in [2.75, 3.05) is 31.0 Å². The molecule has 0 aliphatic carbocycles. The van der Waals surface area contributed by atoms with Crippen molar-refractivity contribution < 1.29 is 23.8 Å². The van der Waals surface area contributed by atoms with Crippen LogP contribution in [-0.4, -0.2) is 33.0 Å². The summed E-state index contributed by atoms with van der Waals surface area (Å²) in [5.41, 5.74) is 0.954. The number of nitrogens with one attached hydrogen (secondary N) is 1. The minimum absolute atomic E-state index is 0.135. The van der Waals surface area contributed by atoms with E-state index >= 15 is 0 Å². The molecule has 0 saturated heterocycles. The maximum Gasteiger partial charge on any atom is 0.419 e. The number of carbonyl (C=O) groups is 2. The molecule has 0 aliphatic heterocycles. The van der Waals surface area contributed by atoms with Crippen LogP contribution in [0.25, 0.3) is 0 Å². The quantitative estimate of drug-likeness (QED) is 0.831. The highest BCUT2D eigenvalue weighted by molar-refractivity contribution is 5.90. The number of hydrogen-bond acceptors (Lipinski definition) is 6. The fourth-order valence-electron chi connectivity index (χ4n) is 2.23. The normalized spacial score (nSPS) is 9.67. The molecule has 2 amide bonds. The topological polar surface area (TPSA) is 101 Å². The molecule has 8 nitrogen and oxygen atoms in total. The maximum atomic E-state index is 12.6. The molecule has 8 heteroatoms. The minimum Gasteiger partial charge on any atom is -0.497 e. The van der Waals surface area contributed by atoms with Crippen molar-refractivity contribution in [3.05, 3.63) is 48.5 Å². The predicted octanol–water partition coefficient (Wildman–Crippen LogP) is 3.79. The summed E-state index contributed by atoms with van der Waals surface area (Å²) in [5, 5.41) is 11.4. The van der Waals surface area contributed by atoms with Crippen LogP contribution in [0.2, 0.25) is 0 Å². The number of hydrogen-bond donors (Lipinski definition) is 1. The van der Waals surface area contributed by atoms with Crippen molar-refractivity contribution in [2.24, 2.45) is 0 Å². The van der Waals surface area contributed by atoms with Gasteiger partial charge in [-0.1, -0.05) is 12.1 Å². The van der Waals surface area contributed by atoms with Crippen molar-refractivity contribution >= 4 is 23.6 Å². The van der Waals surface area contributed by atoms with E-state index in [4.69, 9.17) is 14.7 Å². The van der Waals surface area contributed by atoms with Gasteiger partial charge < -0.3 is 14.2 Å². The second-order valence-corrected chi connectivity index (χ2v) is 5.27. The van der Waals surface area contributed by atoms with Crippen molar-refractivity contribution in [3.8, 4) is 17.6 Å². The Kier molecular flexibility index (Phi) is 7.02. The lowest BCUT2D eigenvalue weighted by molar-refractivity contribution is 0.187. The van der Waals surface area contributed by atoms with Crippen LogP contribution in [-0.2, 0) is 4.74 Å². The molecule has 0 fully saturated rings. The van der Waals surface area contributed by atoms with Gasteiger partial charge in [0, 0.05) is 24.4 Å². The number of amides is 2. The third-order valence-corrected chi connectivity index (χ3v) is 3.50. The maximum absolute atomic E-state index is 12.6. The lowest BCUT2D eigenvalue weighted by Gasteiger charge is -2.21. The summed E-state index contributed by atoms with van der Waals surface area (Å²) in [4.78, 5) is 25.3. The van der Waals surface area contributed by atoms with Crippen LogP contribution >= 0.6 is 0 Å². The molecule has 0 heterocycles. The van der Waals surface area contributed by atoms with Gasteiger partial charge in [0.2, 0.25) is 0 Å². The van der Waals surface area contributed by atoms with E-state index in [2.05, 4.69) is 10.1 Å². The number of ether oxygens (including phenoxy) is 3. The van der Waals surface area contributed by atoms with Crippen LogP contribution in [0, 0.1) is 11.3 Å². The van der Waals surface area contributed by atoms with Gasteiger partial charge in [0.15, 0.2) is 0 Å². The average Bonchev–Trinajstić information content (AvgIpc) is 2.68. The Balaban J connectivity index is 2.19. The summed E-state index contributed by atoms with van der Waals surface area (Å²) in [6.45, 7) is 0.155. The molecule has 0 atom stereocenters. The highest BCUT2D eigenvalue weighted by atomic mass is 16.6. The first-order valence-corrected chi connectivity index (χ1v) is 8.02. The Hall–Kier alpha value is -3.73. The van der Waals surface area contributed by atoms with Gasteiger partial charge in [-0.2, -0.15) is 5.26 Å². The summed E-state index contributed by atoms with van der Waals surface area (Å²) in [5.74, 6) is 0.810. The highest BCUT2D eigenvalue weighted by Crippen LogP contribution is 2.24. The van der Waals surface area contributed by atoms with E-state index in [1.165, 1.54) is 25.2 Å². The number of nitrogens with zero attached hydrogens (tertiary/aromatic N) is 2. The standard InChI is InChI=1S/C19H19N3O5/c1-25-16-8-4-7-15(13-16)22(11-5-10-20)19(24)27-17-9-3-6-14(12-17)21-18(23)26-2/h3-4,6-9,12-13H,5,11H2,1-2H3,(H,21,23). The first-order valence-electron chi connectivity index (χ1n) is 8.02. The number of rotatable bonds is 6. The molecule has 140 valence electrons. The second-order valence-electron chi connectivity index (χ2n) is 5.27. The Labute approximate surface area is 156 Å². The Morgan fingerprint density at radius 2 is 1.85 bits per heavy atom. The SMILES string of the molecule is COC(=O)Nc1cccc(OC(=O)N(CCC#N)c2cccc(OC)c2)c1. The van der Waals surface area contributed by atoms with E-state index < -0.39 is 12.2 Å². The molecule has 27 heavy (non-hydrogen) atoms. The second kappa shape index (κ2) is 9.68. The van der Waals surface area contributed by atoms with Gasteiger partial charge in [-0.05, 0) is 24.3 Å². The molecule has 0 aromatic heterocycles. The number of nitriles is 1. The Morgan fingerprint density at radius 3 is 2.56 bits per heavy atom. The van der Waals surface area contributed by atoms with E-state index in [0.717, 1.165) is 0 Å². The van der Waals surface area contributed by atoms with E-state index in [9.17, 15) is 9.59 Å². The highest BCUT2D eigenvalue weighted by Gasteiger charge is 2.19. The van der Waals surface area contributed by atoms with Crippen LogP contribution in [0.15, 0.2) is 48.5 Å². The zero-order chi connectivity index (χ0) is 19.6. The van der Waals surface area contributed by atoms with Crippen LogP contribution in [0.4, 0.5) is 21.0 Å². The molecule has 0 unspecified atom stereocenters. The molecular formula is C19H19N3O5. The molecule has 2 aromatic rings. The van der Waals surface area contributed by atoms with Gasteiger partial charge in [-0.3, -0.25) is 10.2 Å². The fraction of sp³-hybridized carbons (Fsp3) is 0.211. The first kappa shape index (κ1) is 19.6. The van der Waals surface area contributed by atoms with E-state index in [0.29, 0.717) is 17.1 Å². The largest absolute Gasteiger partial charge is 0.497 e. The Morgan fingerprint density at radius 1 is 1.11 bits per heavy atom.